The predicted molar refractivity (Wildman–Crippen MR) is 76.7 cm³/mol. The second-order valence-electron chi connectivity index (χ2n) is 4.44. The number of hydrogen-bond acceptors (Lipinski definition) is 3. The van der Waals surface area contributed by atoms with Gasteiger partial charge in [0.05, 0.1) is 0 Å². The fourth-order valence-corrected chi connectivity index (χ4v) is 2.49. The number of nitrogens with two attached hydrogens (primary N) is 1. The van der Waals surface area contributed by atoms with E-state index in [2.05, 4.69) is 11.9 Å². The van der Waals surface area contributed by atoms with E-state index in [0.29, 0.717) is 0 Å². The molecule has 1 atom stereocenters. The topological polar surface area (TPSA) is 38.9 Å². The fourth-order valence-electron chi connectivity index (χ4n) is 1.69. The van der Waals surface area contributed by atoms with Crippen LogP contribution in [0, 0.1) is 5.82 Å². The van der Waals surface area contributed by atoms with E-state index in [-0.39, 0.29) is 11.9 Å². The molecule has 1 heterocycles. The highest BCUT2D eigenvalue weighted by molar-refractivity contribution is 7.99. The fraction of sp³-hybridized carbons (Fsp3) is 0.267. The summed E-state index contributed by atoms with van der Waals surface area (Å²) in [6, 6.07) is 10.7. The van der Waals surface area contributed by atoms with E-state index in [1.54, 1.807) is 6.07 Å². The van der Waals surface area contributed by atoms with Crippen molar-refractivity contribution in [2.24, 2.45) is 5.73 Å². The van der Waals surface area contributed by atoms with Crippen LogP contribution < -0.4 is 5.73 Å². The van der Waals surface area contributed by atoms with Crippen molar-refractivity contribution in [2.75, 3.05) is 0 Å². The molecule has 0 aliphatic heterocycles. The van der Waals surface area contributed by atoms with Gasteiger partial charge in [-0.1, -0.05) is 30.8 Å². The highest BCUT2D eigenvalue weighted by atomic mass is 32.2. The second kappa shape index (κ2) is 6.68. The van der Waals surface area contributed by atoms with Gasteiger partial charge in [-0.3, -0.25) is 0 Å². The van der Waals surface area contributed by atoms with Crippen molar-refractivity contribution in [1.82, 2.24) is 4.98 Å². The molecule has 0 aliphatic rings. The largest absolute Gasteiger partial charge is 0.327 e. The van der Waals surface area contributed by atoms with Gasteiger partial charge in [0.25, 0.3) is 0 Å². The molecule has 0 amide bonds. The molecule has 2 aromatic rings. The number of halogens is 1. The van der Waals surface area contributed by atoms with Gasteiger partial charge in [-0.25, -0.2) is 9.37 Å². The minimum absolute atomic E-state index is 0.184. The molecular formula is C15H17FN2S. The van der Waals surface area contributed by atoms with Crippen LogP contribution in [-0.2, 0) is 6.42 Å². The van der Waals surface area contributed by atoms with Crippen LogP contribution in [0.15, 0.2) is 52.5 Å². The van der Waals surface area contributed by atoms with Crippen LogP contribution in [0.25, 0.3) is 0 Å². The van der Waals surface area contributed by atoms with Crippen molar-refractivity contribution in [2.45, 2.75) is 35.7 Å². The third-order valence-electron chi connectivity index (χ3n) is 2.84. The third kappa shape index (κ3) is 4.33. The first-order valence-corrected chi connectivity index (χ1v) is 7.13. The quantitative estimate of drug-likeness (QED) is 0.906. The summed E-state index contributed by atoms with van der Waals surface area (Å²) in [5, 5.41) is 0.861. The van der Waals surface area contributed by atoms with E-state index in [1.165, 1.54) is 23.9 Å². The van der Waals surface area contributed by atoms with Crippen LogP contribution in [0.1, 0.15) is 18.9 Å². The number of pyridine rings is 1. The summed E-state index contributed by atoms with van der Waals surface area (Å²) in [5.41, 5.74) is 7.05. The van der Waals surface area contributed by atoms with Gasteiger partial charge in [-0.15, -0.1) is 0 Å². The summed E-state index contributed by atoms with van der Waals surface area (Å²) in [4.78, 5) is 5.23. The van der Waals surface area contributed by atoms with E-state index >= 15 is 0 Å². The minimum Gasteiger partial charge on any atom is -0.327 e. The van der Waals surface area contributed by atoms with Crippen molar-refractivity contribution < 1.29 is 4.39 Å². The number of aromatic nitrogens is 1. The molecule has 4 heteroatoms. The molecule has 0 fully saturated rings. The Kier molecular flexibility index (Phi) is 4.93. The number of nitrogens with zero attached hydrogens (tertiary/aromatic N) is 1. The summed E-state index contributed by atoms with van der Waals surface area (Å²) < 4.78 is 13.1. The number of rotatable bonds is 5. The Bertz CT molecular complexity index is 528. The van der Waals surface area contributed by atoms with Crippen LogP contribution in [0.5, 0.6) is 0 Å². The molecule has 0 spiro atoms. The van der Waals surface area contributed by atoms with Gasteiger partial charge in [0.15, 0.2) is 0 Å². The van der Waals surface area contributed by atoms with Crippen LogP contribution in [0.3, 0.4) is 0 Å². The Morgan fingerprint density at radius 3 is 2.79 bits per heavy atom. The molecule has 0 saturated carbocycles. The molecule has 1 aromatic carbocycles. The summed E-state index contributed by atoms with van der Waals surface area (Å²) >= 11 is 1.45. The molecule has 0 saturated heterocycles. The molecule has 2 rings (SSSR count). The molecule has 0 radical (unpaired) electrons. The van der Waals surface area contributed by atoms with Crippen molar-refractivity contribution in [3.8, 4) is 0 Å². The predicted octanol–water partition coefficient (Wildman–Crippen LogP) is 3.65. The van der Waals surface area contributed by atoms with E-state index in [4.69, 9.17) is 5.73 Å². The Morgan fingerprint density at radius 2 is 2.16 bits per heavy atom. The Labute approximate surface area is 117 Å². The molecule has 0 aliphatic carbocycles. The lowest BCUT2D eigenvalue weighted by molar-refractivity contribution is 0.624. The highest BCUT2D eigenvalue weighted by Gasteiger charge is 2.04. The lowest BCUT2D eigenvalue weighted by Gasteiger charge is -2.08. The molecule has 0 bridgehead atoms. The van der Waals surface area contributed by atoms with Crippen molar-refractivity contribution in [3.63, 3.8) is 0 Å². The summed E-state index contributed by atoms with van der Waals surface area (Å²) in [6.45, 7) is 2.08. The van der Waals surface area contributed by atoms with Gasteiger partial charge in [0.2, 0.25) is 0 Å². The Morgan fingerprint density at radius 1 is 1.32 bits per heavy atom. The van der Waals surface area contributed by atoms with Crippen LogP contribution in [0.4, 0.5) is 4.39 Å². The average molecular weight is 276 g/mol. The molecule has 100 valence electrons. The molecule has 2 N–H and O–H groups in total. The summed E-state index contributed by atoms with van der Waals surface area (Å²) in [5.74, 6) is -0.226. The third-order valence-corrected chi connectivity index (χ3v) is 3.78. The van der Waals surface area contributed by atoms with Gasteiger partial charge < -0.3 is 5.73 Å². The molecule has 1 aromatic heterocycles. The van der Waals surface area contributed by atoms with E-state index in [0.717, 1.165) is 28.3 Å². The maximum absolute atomic E-state index is 13.1. The highest BCUT2D eigenvalue weighted by Crippen LogP contribution is 2.26. The smallest absolute Gasteiger partial charge is 0.124 e. The first kappa shape index (κ1) is 14.0. The first-order chi connectivity index (χ1) is 9.17. The Hall–Kier alpha value is -1.39. The Balaban J connectivity index is 2.02. The van der Waals surface area contributed by atoms with Gasteiger partial charge >= 0.3 is 0 Å². The van der Waals surface area contributed by atoms with E-state index < -0.39 is 0 Å². The standard InChI is InChI=1S/C15H17FN2S/c1-2-13(17)8-11-6-7-15(18-10-11)19-14-5-3-4-12(16)9-14/h3-7,9-10,13H,2,8,17H2,1H3. The van der Waals surface area contributed by atoms with Crippen molar-refractivity contribution >= 4 is 11.8 Å². The van der Waals surface area contributed by atoms with Gasteiger partial charge in [0.1, 0.15) is 10.8 Å². The number of hydrogen-bond donors (Lipinski definition) is 1. The van der Waals surface area contributed by atoms with Gasteiger partial charge in [0, 0.05) is 17.1 Å². The normalized spacial score (nSPS) is 12.4. The molecule has 1 unspecified atom stereocenters. The maximum atomic E-state index is 13.1. The maximum Gasteiger partial charge on any atom is 0.124 e. The van der Waals surface area contributed by atoms with Gasteiger partial charge in [-0.05, 0) is 42.7 Å². The van der Waals surface area contributed by atoms with Crippen molar-refractivity contribution in [3.05, 3.63) is 54.0 Å². The molecule has 2 nitrogen and oxygen atoms in total. The SMILES string of the molecule is CCC(N)Cc1ccc(Sc2cccc(F)c2)nc1. The van der Waals surface area contributed by atoms with Crippen LogP contribution >= 0.6 is 11.8 Å². The zero-order chi connectivity index (χ0) is 13.7. The lowest BCUT2D eigenvalue weighted by Crippen LogP contribution is -2.21. The summed E-state index contributed by atoms with van der Waals surface area (Å²) in [6.07, 6.45) is 3.64. The first-order valence-electron chi connectivity index (χ1n) is 6.31. The zero-order valence-electron chi connectivity index (χ0n) is 10.8. The van der Waals surface area contributed by atoms with Crippen LogP contribution in [0.2, 0.25) is 0 Å². The van der Waals surface area contributed by atoms with Gasteiger partial charge in [-0.2, -0.15) is 0 Å². The number of benzene rings is 1. The molecule has 19 heavy (non-hydrogen) atoms. The average Bonchev–Trinajstić information content (AvgIpc) is 2.41. The lowest BCUT2D eigenvalue weighted by atomic mass is 10.1. The summed E-state index contributed by atoms with van der Waals surface area (Å²) in [7, 11) is 0. The monoisotopic (exact) mass is 276 g/mol. The minimum atomic E-state index is -0.226. The van der Waals surface area contributed by atoms with E-state index in [1.807, 2.05) is 24.4 Å². The molecular weight excluding hydrogens is 259 g/mol. The zero-order valence-corrected chi connectivity index (χ0v) is 11.7. The van der Waals surface area contributed by atoms with Crippen LogP contribution in [-0.4, -0.2) is 11.0 Å². The second-order valence-corrected chi connectivity index (χ2v) is 5.53. The van der Waals surface area contributed by atoms with E-state index in [9.17, 15) is 4.39 Å². The van der Waals surface area contributed by atoms with Crippen molar-refractivity contribution in [1.29, 1.82) is 0 Å².